The second-order valence-electron chi connectivity index (χ2n) is 5.10. The van der Waals surface area contributed by atoms with E-state index in [1.807, 2.05) is 0 Å². The third-order valence-corrected chi connectivity index (χ3v) is 4.61. The molecular formula is C12H16O. The molecule has 1 heteroatoms. The van der Waals surface area contributed by atoms with Gasteiger partial charge in [-0.2, -0.15) is 0 Å². The number of ketones is 1. The first-order valence-corrected chi connectivity index (χ1v) is 5.44. The second-order valence-corrected chi connectivity index (χ2v) is 5.10. The number of allylic oxidation sites excluding steroid dienone is 1. The number of hydrogen-bond acceptors (Lipinski definition) is 1. The molecule has 3 atom stereocenters. The highest BCUT2D eigenvalue weighted by molar-refractivity contribution is 5.87. The van der Waals surface area contributed by atoms with Crippen molar-refractivity contribution in [2.45, 2.75) is 38.5 Å². The van der Waals surface area contributed by atoms with Crippen molar-refractivity contribution in [2.24, 2.45) is 17.3 Å². The highest BCUT2D eigenvalue weighted by Crippen LogP contribution is 2.66. The van der Waals surface area contributed by atoms with Crippen LogP contribution in [0, 0.1) is 17.3 Å². The maximum absolute atomic E-state index is 11.7. The van der Waals surface area contributed by atoms with Crippen molar-refractivity contribution in [1.29, 1.82) is 0 Å². The first kappa shape index (κ1) is 7.78. The van der Waals surface area contributed by atoms with Gasteiger partial charge in [-0.15, -0.1) is 0 Å². The lowest BCUT2D eigenvalue weighted by Crippen LogP contribution is -2.51. The maximum Gasteiger partial charge on any atom is 0.140 e. The molecule has 3 aliphatic carbocycles. The summed E-state index contributed by atoms with van der Waals surface area (Å²) >= 11 is 0. The Hall–Kier alpha value is -0.590. The van der Waals surface area contributed by atoms with E-state index >= 15 is 0 Å². The number of rotatable bonds is 0. The molecule has 0 heterocycles. The van der Waals surface area contributed by atoms with Crippen molar-refractivity contribution in [2.75, 3.05) is 0 Å². The molecule has 1 nitrogen and oxygen atoms in total. The first-order valence-electron chi connectivity index (χ1n) is 5.44. The summed E-state index contributed by atoms with van der Waals surface area (Å²) in [7, 11) is 0. The average Bonchev–Trinajstić information content (AvgIpc) is 2.46. The lowest BCUT2D eigenvalue weighted by atomic mass is 9.48. The topological polar surface area (TPSA) is 17.1 Å². The zero-order valence-corrected chi connectivity index (χ0v) is 8.01. The largest absolute Gasteiger partial charge is 0.299 e. The zero-order chi connectivity index (χ0) is 9.05. The minimum absolute atomic E-state index is 0.286. The molecule has 3 saturated carbocycles. The van der Waals surface area contributed by atoms with E-state index in [2.05, 4.69) is 6.58 Å². The van der Waals surface area contributed by atoms with Gasteiger partial charge in [0, 0.05) is 12.3 Å². The van der Waals surface area contributed by atoms with Crippen LogP contribution < -0.4 is 0 Å². The summed E-state index contributed by atoms with van der Waals surface area (Å²) < 4.78 is 0. The lowest BCUT2D eigenvalue weighted by molar-refractivity contribution is -0.136. The Balaban J connectivity index is 2.00. The molecule has 1 spiro atoms. The molecule has 13 heavy (non-hydrogen) atoms. The van der Waals surface area contributed by atoms with E-state index in [9.17, 15) is 4.79 Å². The zero-order valence-electron chi connectivity index (χ0n) is 8.01. The third kappa shape index (κ3) is 0.762. The summed E-state index contributed by atoms with van der Waals surface area (Å²) in [6.45, 7) is 4.03. The Morgan fingerprint density at radius 2 is 2.23 bits per heavy atom. The van der Waals surface area contributed by atoms with Gasteiger partial charge in [0.25, 0.3) is 0 Å². The van der Waals surface area contributed by atoms with Crippen molar-refractivity contribution in [1.82, 2.24) is 0 Å². The smallest absolute Gasteiger partial charge is 0.140 e. The highest BCUT2D eigenvalue weighted by atomic mass is 16.1. The Kier molecular flexibility index (Phi) is 1.35. The monoisotopic (exact) mass is 176 g/mol. The SMILES string of the molecule is C=C1C[C@]23CCC[C@H]2CCC(=O)[C@H]13. The van der Waals surface area contributed by atoms with Gasteiger partial charge in [0.05, 0.1) is 0 Å². The van der Waals surface area contributed by atoms with Crippen LogP contribution in [0.15, 0.2) is 12.2 Å². The summed E-state index contributed by atoms with van der Waals surface area (Å²) in [6.07, 6.45) is 7.18. The molecule has 0 N–H and O–H groups in total. The Labute approximate surface area is 79.2 Å². The van der Waals surface area contributed by atoms with Gasteiger partial charge < -0.3 is 0 Å². The molecule has 0 aliphatic heterocycles. The number of hydrogen-bond donors (Lipinski definition) is 0. The number of carbonyl (C=O) groups is 1. The third-order valence-electron chi connectivity index (χ3n) is 4.61. The van der Waals surface area contributed by atoms with Gasteiger partial charge in [0.1, 0.15) is 5.78 Å². The van der Waals surface area contributed by atoms with E-state index in [1.165, 1.54) is 31.3 Å². The molecule has 0 aromatic rings. The number of carbonyl (C=O) groups excluding carboxylic acids is 1. The Morgan fingerprint density at radius 1 is 1.38 bits per heavy atom. The van der Waals surface area contributed by atoms with Gasteiger partial charge >= 0.3 is 0 Å². The Morgan fingerprint density at radius 3 is 3.00 bits per heavy atom. The van der Waals surface area contributed by atoms with Crippen molar-refractivity contribution in [3.05, 3.63) is 12.2 Å². The maximum atomic E-state index is 11.7. The summed E-state index contributed by atoms with van der Waals surface area (Å²) in [6, 6.07) is 0. The van der Waals surface area contributed by atoms with Gasteiger partial charge in [-0.25, -0.2) is 0 Å². The predicted molar refractivity (Wildman–Crippen MR) is 51.3 cm³/mol. The van der Waals surface area contributed by atoms with Crippen LogP contribution in [0.25, 0.3) is 0 Å². The van der Waals surface area contributed by atoms with E-state index in [0.29, 0.717) is 11.2 Å². The van der Waals surface area contributed by atoms with Crippen LogP contribution in [0.5, 0.6) is 0 Å². The van der Waals surface area contributed by atoms with Crippen molar-refractivity contribution in [3.63, 3.8) is 0 Å². The van der Waals surface area contributed by atoms with Crippen molar-refractivity contribution >= 4 is 5.78 Å². The predicted octanol–water partition coefficient (Wildman–Crippen LogP) is 2.71. The molecule has 0 aromatic carbocycles. The molecule has 0 radical (unpaired) electrons. The second kappa shape index (κ2) is 2.26. The van der Waals surface area contributed by atoms with Crippen LogP contribution in [-0.2, 0) is 4.79 Å². The van der Waals surface area contributed by atoms with Crippen LogP contribution in [0.1, 0.15) is 38.5 Å². The fraction of sp³-hybridized carbons (Fsp3) is 0.750. The summed E-state index contributed by atoms with van der Waals surface area (Å²) in [5.74, 6) is 1.64. The molecule has 0 bridgehead atoms. The molecule has 3 aliphatic rings. The van der Waals surface area contributed by atoms with Crippen LogP contribution in [0.4, 0.5) is 0 Å². The van der Waals surface area contributed by atoms with E-state index in [1.54, 1.807) is 0 Å². The van der Waals surface area contributed by atoms with E-state index in [4.69, 9.17) is 0 Å². The fourth-order valence-corrected chi connectivity index (χ4v) is 4.13. The molecule has 0 saturated heterocycles. The normalized spacial score (nSPS) is 48.3. The van der Waals surface area contributed by atoms with Crippen LogP contribution in [0.2, 0.25) is 0 Å². The molecule has 3 rings (SSSR count). The van der Waals surface area contributed by atoms with Gasteiger partial charge in [-0.05, 0) is 37.0 Å². The minimum Gasteiger partial charge on any atom is -0.299 e. The summed E-state index contributed by atoms with van der Waals surface area (Å²) in [4.78, 5) is 11.7. The van der Waals surface area contributed by atoms with Gasteiger partial charge in [0.2, 0.25) is 0 Å². The van der Waals surface area contributed by atoms with Crippen molar-refractivity contribution < 1.29 is 4.79 Å². The standard InChI is InChI=1S/C12H16O/c1-8-7-12-6-2-3-9(12)4-5-10(13)11(8)12/h9,11H,1-7H2/t9-,11-,12+/m0/s1. The summed E-state index contributed by atoms with van der Waals surface area (Å²) in [5.41, 5.74) is 1.66. The van der Waals surface area contributed by atoms with Crippen LogP contribution in [0.3, 0.4) is 0 Å². The molecule has 3 fully saturated rings. The molecule has 70 valence electrons. The van der Waals surface area contributed by atoms with E-state index < -0.39 is 0 Å². The molecule has 0 amide bonds. The Bertz CT molecular complexity index is 291. The molecule has 0 unspecified atom stereocenters. The van der Waals surface area contributed by atoms with Crippen molar-refractivity contribution in [3.8, 4) is 0 Å². The fourth-order valence-electron chi connectivity index (χ4n) is 4.13. The van der Waals surface area contributed by atoms with Gasteiger partial charge in [-0.1, -0.05) is 18.6 Å². The van der Waals surface area contributed by atoms with Gasteiger partial charge in [0.15, 0.2) is 0 Å². The van der Waals surface area contributed by atoms with E-state index in [0.717, 1.165) is 18.8 Å². The lowest BCUT2D eigenvalue weighted by Gasteiger charge is -2.55. The first-order chi connectivity index (χ1) is 6.24. The highest BCUT2D eigenvalue weighted by Gasteiger charge is 2.60. The van der Waals surface area contributed by atoms with Gasteiger partial charge in [-0.3, -0.25) is 4.79 Å². The minimum atomic E-state index is 0.286. The number of Topliss-reactive ketones (excluding diaryl/α,β-unsaturated/α-hetero) is 1. The molecular weight excluding hydrogens is 160 g/mol. The molecule has 0 aromatic heterocycles. The van der Waals surface area contributed by atoms with Crippen LogP contribution >= 0.6 is 0 Å². The summed E-state index contributed by atoms with van der Waals surface area (Å²) in [5, 5.41) is 0. The average molecular weight is 176 g/mol. The van der Waals surface area contributed by atoms with E-state index in [-0.39, 0.29) is 5.92 Å². The quantitative estimate of drug-likeness (QED) is 0.519. The van der Waals surface area contributed by atoms with Crippen LogP contribution in [-0.4, -0.2) is 5.78 Å².